The lowest BCUT2D eigenvalue weighted by Gasteiger charge is -2.24. The molecule has 4 amide bonds. The number of aliphatic carboxylic acids is 1. The van der Waals surface area contributed by atoms with Gasteiger partial charge >= 0.3 is 5.97 Å². The molecule has 0 radical (unpaired) electrons. The standard InChI is InChI=1S/C19H36N6O7/c1-10(2)15(22)18(30)25-13(9-26)17(29)23-11(6-7-14(21)27)16(28)24-12(19(31)32)5-3-4-8-20/h10-13,15,26H,3-9,20,22H2,1-2H3,(H2,21,27)(H,23,29)(H,24,28)(H,25,30)(H,31,32). The number of unbranched alkanes of at least 4 members (excludes halogenated alkanes) is 1. The fourth-order valence-electron chi connectivity index (χ4n) is 2.62. The zero-order chi connectivity index (χ0) is 24.8. The van der Waals surface area contributed by atoms with Gasteiger partial charge in [0.1, 0.15) is 18.1 Å². The van der Waals surface area contributed by atoms with E-state index in [4.69, 9.17) is 17.2 Å². The number of carboxylic acid groups (broad SMARTS) is 1. The Balaban J connectivity index is 5.31. The lowest BCUT2D eigenvalue weighted by molar-refractivity contribution is -0.142. The SMILES string of the molecule is CC(C)C(N)C(=O)NC(CO)C(=O)NC(CCC(N)=O)C(=O)NC(CCCCN)C(=O)O. The summed E-state index contributed by atoms with van der Waals surface area (Å²) in [5.41, 5.74) is 16.2. The molecule has 0 spiro atoms. The van der Waals surface area contributed by atoms with Gasteiger partial charge in [-0.2, -0.15) is 0 Å². The molecule has 184 valence electrons. The Morgan fingerprint density at radius 1 is 0.844 bits per heavy atom. The van der Waals surface area contributed by atoms with Crippen molar-refractivity contribution >= 4 is 29.6 Å². The summed E-state index contributed by atoms with van der Waals surface area (Å²) in [6.45, 7) is 3.00. The normalized spacial score (nSPS) is 14.7. The van der Waals surface area contributed by atoms with Gasteiger partial charge in [-0.3, -0.25) is 19.2 Å². The number of rotatable bonds is 16. The number of hydrogen-bond donors (Lipinski definition) is 8. The molecule has 0 rings (SSSR count). The monoisotopic (exact) mass is 460 g/mol. The number of carbonyl (C=O) groups is 5. The molecule has 4 atom stereocenters. The Hall–Kier alpha value is -2.77. The van der Waals surface area contributed by atoms with E-state index in [1.54, 1.807) is 13.8 Å². The van der Waals surface area contributed by atoms with Crippen LogP contribution in [0.5, 0.6) is 0 Å². The van der Waals surface area contributed by atoms with E-state index in [0.717, 1.165) is 0 Å². The van der Waals surface area contributed by atoms with Crippen LogP contribution >= 0.6 is 0 Å². The van der Waals surface area contributed by atoms with Gasteiger partial charge < -0.3 is 43.4 Å². The third-order valence-corrected chi connectivity index (χ3v) is 4.71. The van der Waals surface area contributed by atoms with E-state index in [0.29, 0.717) is 19.4 Å². The van der Waals surface area contributed by atoms with E-state index in [9.17, 15) is 34.2 Å². The largest absolute Gasteiger partial charge is 0.480 e. The van der Waals surface area contributed by atoms with Gasteiger partial charge in [-0.25, -0.2) is 4.79 Å². The molecule has 0 heterocycles. The van der Waals surface area contributed by atoms with Gasteiger partial charge in [0.2, 0.25) is 23.6 Å². The van der Waals surface area contributed by atoms with Gasteiger partial charge in [0.25, 0.3) is 0 Å². The molecular weight excluding hydrogens is 424 g/mol. The van der Waals surface area contributed by atoms with Crippen molar-refractivity contribution in [2.45, 2.75) is 70.1 Å². The fourth-order valence-corrected chi connectivity index (χ4v) is 2.62. The van der Waals surface area contributed by atoms with Crippen molar-refractivity contribution in [2.75, 3.05) is 13.2 Å². The van der Waals surface area contributed by atoms with Gasteiger partial charge in [-0.1, -0.05) is 13.8 Å². The Morgan fingerprint density at radius 3 is 1.84 bits per heavy atom. The Morgan fingerprint density at radius 2 is 1.38 bits per heavy atom. The minimum absolute atomic E-state index is 0.122. The second-order valence-electron chi connectivity index (χ2n) is 7.76. The van der Waals surface area contributed by atoms with Crippen LogP contribution in [0.15, 0.2) is 0 Å². The van der Waals surface area contributed by atoms with Crippen molar-refractivity contribution in [1.29, 1.82) is 0 Å². The van der Waals surface area contributed by atoms with Crippen molar-refractivity contribution in [1.82, 2.24) is 16.0 Å². The first-order valence-electron chi connectivity index (χ1n) is 10.4. The summed E-state index contributed by atoms with van der Waals surface area (Å²) in [7, 11) is 0. The average molecular weight is 461 g/mol. The predicted molar refractivity (Wildman–Crippen MR) is 115 cm³/mol. The molecule has 0 aliphatic rings. The summed E-state index contributed by atoms with van der Waals surface area (Å²) in [6, 6.07) is -4.87. The first-order chi connectivity index (χ1) is 14.9. The summed E-state index contributed by atoms with van der Waals surface area (Å²) in [4.78, 5) is 59.9. The maximum Gasteiger partial charge on any atom is 0.326 e. The molecule has 0 bridgehead atoms. The summed E-state index contributed by atoms with van der Waals surface area (Å²) in [6.07, 6.45) is 0.674. The lowest BCUT2D eigenvalue weighted by Crippen LogP contribution is -2.58. The lowest BCUT2D eigenvalue weighted by atomic mass is 10.0. The van der Waals surface area contributed by atoms with Gasteiger partial charge in [-0.05, 0) is 38.1 Å². The zero-order valence-corrected chi connectivity index (χ0v) is 18.5. The minimum Gasteiger partial charge on any atom is -0.480 e. The van der Waals surface area contributed by atoms with Crippen LogP contribution in [0.3, 0.4) is 0 Å². The molecule has 0 saturated heterocycles. The molecule has 32 heavy (non-hydrogen) atoms. The second kappa shape index (κ2) is 15.1. The zero-order valence-electron chi connectivity index (χ0n) is 18.5. The van der Waals surface area contributed by atoms with Crippen molar-refractivity contribution < 1.29 is 34.2 Å². The molecule has 0 saturated carbocycles. The molecule has 0 aromatic heterocycles. The summed E-state index contributed by atoms with van der Waals surface area (Å²) in [5.74, 6) is -4.64. The summed E-state index contributed by atoms with van der Waals surface area (Å²) in [5, 5.41) is 25.8. The van der Waals surface area contributed by atoms with E-state index < -0.39 is 60.4 Å². The number of amides is 4. The van der Waals surface area contributed by atoms with E-state index in [1.165, 1.54) is 0 Å². The highest BCUT2D eigenvalue weighted by Crippen LogP contribution is 2.05. The highest BCUT2D eigenvalue weighted by molar-refractivity contribution is 5.94. The number of primary amides is 1. The number of carbonyl (C=O) groups excluding carboxylic acids is 4. The van der Waals surface area contributed by atoms with Gasteiger partial charge in [0.15, 0.2) is 0 Å². The maximum atomic E-state index is 12.6. The van der Waals surface area contributed by atoms with Crippen LogP contribution < -0.4 is 33.2 Å². The summed E-state index contributed by atoms with van der Waals surface area (Å²) >= 11 is 0. The van der Waals surface area contributed by atoms with E-state index in [-0.39, 0.29) is 25.2 Å². The number of aliphatic hydroxyl groups excluding tert-OH is 1. The summed E-state index contributed by atoms with van der Waals surface area (Å²) < 4.78 is 0. The molecule has 13 heteroatoms. The molecule has 11 N–H and O–H groups in total. The maximum absolute atomic E-state index is 12.6. The van der Waals surface area contributed by atoms with Gasteiger partial charge in [-0.15, -0.1) is 0 Å². The Bertz CT molecular complexity index is 658. The Labute approximate surface area is 186 Å². The predicted octanol–water partition coefficient (Wildman–Crippen LogP) is -3.10. The molecule has 13 nitrogen and oxygen atoms in total. The van der Waals surface area contributed by atoms with Gasteiger partial charge in [0.05, 0.1) is 12.6 Å². The quantitative estimate of drug-likeness (QED) is 0.109. The topological polar surface area (TPSA) is 240 Å². The van der Waals surface area contributed by atoms with Crippen molar-refractivity contribution in [2.24, 2.45) is 23.1 Å². The highest BCUT2D eigenvalue weighted by Gasteiger charge is 2.30. The first kappa shape index (κ1) is 29.2. The average Bonchev–Trinajstić information content (AvgIpc) is 2.72. The number of nitrogens with one attached hydrogen (secondary N) is 3. The van der Waals surface area contributed by atoms with Crippen molar-refractivity contribution in [3.05, 3.63) is 0 Å². The Kier molecular flexibility index (Phi) is 13.8. The second-order valence-corrected chi connectivity index (χ2v) is 7.76. The van der Waals surface area contributed by atoms with Crippen LogP contribution in [0, 0.1) is 5.92 Å². The molecule has 0 aliphatic heterocycles. The van der Waals surface area contributed by atoms with Crippen LogP contribution in [0.25, 0.3) is 0 Å². The molecule has 0 aromatic rings. The van der Waals surface area contributed by atoms with Crippen LogP contribution in [0.2, 0.25) is 0 Å². The van der Waals surface area contributed by atoms with E-state index in [2.05, 4.69) is 16.0 Å². The van der Waals surface area contributed by atoms with E-state index >= 15 is 0 Å². The van der Waals surface area contributed by atoms with Crippen LogP contribution in [0.1, 0.15) is 46.0 Å². The number of carboxylic acids is 1. The number of aliphatic hydroxyl groups is 1. The van der Waals surface area contributed by atoms with E-state index in [1.807, 2.05) is 0 Å². The third-order valence-electron chi connectivity index (χ3n) is 4.71. The van der Waals surface area contributed by atoms with Crippen molar-refractivity contribution in [3.8, 4) is 0 Å². The van der Waals surface area contributed by atoms with Gasteiger partial charge in [0, 0.05) is 6.42 Å². The molecule has 4 unspecified atom stereocenters. The molecule has 0 aliphatic carbocycles. The fraction of sp³-hybridized carbons (Fsp3) is 0.737. The first-order valence-corrected chi connectivity index (χ1v) is 10.4. The number of nitrogens with two attached hydrogens (primary N) is 3. The highest BCUT2D eigenvalue weighted by atomic mass is 16.4. The van der Waals surface area contributed by atoms with Crippen molar-refractivity contribution in [3.63, 3.8) is 0 Å². The van der Waals surface area contributed by atoms with Crippen LogP contribution in [-0.4, -0.2) is 77.1 Å². The third kappa shape index (κ3) is 11.0. The van der Waals surface area contributed by atoms with Crippen LogP contribution in [-0.2, 0) is 24.0 Å². The minimum atomic E-state index is -1.41. The van der Waals surface area contributed by atoms with Crippen LogP contribution in [0.4, 0.5) is 0 Å². The number of hydrogen-bond acceptors (Lipinski definition) is 8. The molecule has 0 aromatic carbocycles. The molecular formula is C19H36N6O7. The molecule has 0 fully saturated rings. The smallest absolute Gasteiger partial charge is 0.326 e.